The highest BCUT2D eigenvalue weighted by atomic mass is 16.7. The van der Waals surface area contributed by atoms with E-state index in [2.05, 4.69) is 27.4 Å². The Morgan fingerprint density at radius 2 is 1.82 bits per heavy atom. The van der Waals surface area contributed by atoms with E-state index in [1.165, 1.54) is 5.06 Å². The van der Waals surface area contributed by atoms with Crippen LogP contribution in [0.2, 0.25) is 0 Å². The fourth-order valence-corrected chi connectivity index (χ4v) is 1.66. The number of amides is 1. The molecular formula is C14H17NO2. The van der Waals surface area contributed by atoms with E-state index >= 15 is 0 Å². The Morgan fingerprint density at radius 3 is 2.35 bits per heavy atom. The van der Waals surface area contributed by atoms with Crippen LogP contribution in [0.3, 0.4) is 0 Å². The molecule has 1 aliphatic rings. The zero-order valence-corrected chi connectivity index (χ0v) is 10.5. The van der Waals surface area contributed by atoms with Crippen molar-refractivity contribution in [2.24, 2.45) is 5.41 Å². The maximum atomic E-state index is 12.1. The molecule has 17 heavy (non-hydrogen) atoms. The molecule has 2 rings (SSSR count). The summed E-state index contributed by atoms with van der Waals surface area (Å²) in [4.78, 5) is 17.6. The Kier molecular flexibility index (Phi) is 2.79. The van der Waals surface area contributed by atoms with Gasteiger partial charge in [-0.25, -0.2) is 0 Å². The molecule has 1 aromatic rings. The van der Waals surface area contributed by atoms with Crippen molar-refractivity contribution in [2.75, 3.05) is 6.61 Å². The summed E-state index contributed by atoms with van der Waals surface area (Å²) in [6, 6.07) is 7.42. The van der Waals surface area contributed by atoms with Crippen LogP contribution in [0.4, 0.5) is 0 Å². The van der Waals surface area contributed by atoms with Crippen molar-refractivity contribution in [1.82, 2.24) is 5.06 Å². The van der Waals surface area contributed by atoms with Gasteiger partial charge in [0.2, 0.25) is 0 Å². The molecule has 0 saturated carbocycles. The van der Waals surface area contributed by atoms with Gasteiger partial charge in [0.05, 0.1) is 17.9 Å². The van der Waals surface area contributed by atoms with Crippen LogP contribution in [0.5, 0.6) is 0 Å². The van der Waals surface area contributed by atoms with Crippen molar-refractivity contribution >= 4 is 11.6 Å². The largest absolute Gasteiger partial charge is 0.282 e. The second-order valence-corrected chi connectivity index (χ2v) is 5.43. The summed E-state index contributed by atoms with van der Waals surface area (Å²) in [6.07, 6.45) is 0. The van der Waals surface area contributed by atoms with Crippen LogP contribution in [0, 0.1) is 5.41 Å². The van der Waals surface area contributed by atoms with Crippen molar-refractivity contribution < 1.29 is 9.63 Å². The Bertz CT molecular complexity index is 436. The summed E-state index contributed by atoms with van der Waals surface area (Å²) in [5, 5.41) is 1.30. The number of carbonyl (C=O) groups is 1. The van der Waals surface area contributed by atoms with Crippen molar-refractivity contribution in [3.8, 4) is 0 Å². The van der Waals surface area contributed by atoms with Gasteiger partial charge in [0.25, 0.3) is 5.91 Å². The molecule has 0 saturated heterocycles. The third-order valence-electron chi connectivity index (χ3n) is 2.52. The van der Waals surface area contributed by atoms with Gasteiger partial charge in [-0.2, -0.15) is 5.06 Å². The number of carbonyl (C=O) groups excluding carboxylic acids is 1. The van der Waals surface area contributed by atoms with Crippen molar-refractivity contribution in [1.29, 1.82) is 0 Å². The van der Waals surface area contributed by atoms with Gasteiger partial charge < -0.3 is 0 Å². The van der Waals surface area contributed by atoms with Gasteiger partial charge in [-0.3, -0.25) is 9.63 Å². The smallest absolute Gasteiger partial charge is 0.266 e. The highest BCUT2D eigenvalue weighted by molar-refractivity contribution is 6.07. The molecule has 1 amide bonds. The molecule has 3 heteroatoms. The number of hydroxylamine groups is 2. The molecule has 1 heterocycles. The molecule has 3 nitrogen and oxygen atoms in total. The predicted octanol–water partition coefficient (Wildman–Crippen LogP) is 3.09. The van der Waals surface area contributed by atoms with Gasteiger partial charge in [0.1, 0.15) is 0 Å². The fraction of sp³-hybridized carbons (Fsp3) is 0.357. The monoisotopic (exact) mass is 231 g/mol. The lowest BCUT2D eigenvalue weighted by Crippen LogP contribution is -2.28. The second-order valence-electron chi connectivity index (χ2n) is 5.43. The summed E-state index contributed by atoms with van der Waals surface area (Å²) < 4.78 is 0. The number of hydrogen-bond donors (Lipinski definition) is 0. The number of hydrogen-bond acceptors (Lipinski definition) is 2. The van der Waals surface area contributed by atoms with E-state index in [1.54, 1.807) is 6.07 Å². The Hall–Kier alpha value is -1.61. The third kappa shape index (κ3) is 2.24. The van der Waals surface area contributed by atoms with Crippen LogP contribution >= 0.6 is 0 Å². The second kappa shape index (κ2) is 4.00. The van der Waals surface area contributed by atoms with E-state index in [4.69, 9.17) is 4.84 Å². The van der Waals surface area contributed by atoms with Crippen LogP contribution in [0.15, 0.2) is 30.8 Å². The molecule has 0 atom stereocenters. The maximum absolute atomic E-state index is 12.1. The topological polar surface area (TPSA) is 29.5 Å². The van der Waals surface area contributed by atoms with Gasteiger partial charge in [-0.15, -0.1) is 0 Å². The molecule has 1 aliphatic heterocycles. The van der Waals surface area contributed by atoms with Gasteiger partial charge in [-0.05, 0) is 11.5 Å². The van der Waals surface area contributed by atoms with E-state index in [1.807, 2.05) is 18.2 Å². The van der Waals surface area contributed by atoms with E-state index in [0.29, 0.717) is 17.9 Å². The van der Waals surface area contributed by atoms with Gasteiger partial charge in [-0.1, -0.05) is 45.5 Å². The first kappa shape index (κ1) is 11.9. The first-order chi connectivity index (χ1) is 7.90. The van der Waals surface area contributed by atoms with Crippen LogP contribution in [0.25, 0.3) is 5.70 Å². The molecule has 0 unspecified atom stereocenters. The van der Waals surface area contributed by atoms with Crippen LogP contribution in [-0.2, 0) is 4.84 Å². The van der Waals surface area contributed by atoms with E-state index in [9.17, 15) is 4.79 Å². The lowest BCUT2D eigenvalue weighted by molar-refractivity contribution is -0.101. The summed E-state index contributed by atoms with van der Waals surface area (Å²) >= 11 is 0. The summed E-state index contributed by atoms with van der Waals surface area (Å²) in [5.41, 5.74) is 2.14. The zero-order valence-electron chi connectivity index (χ0n) is 10.5. The first-order valence-electron chi connectivity index (χ1n) is 5.66. The molecule has 1 aromatic carbocycles. The lowest BCUT2D eigenvalue weighted by atomic mass is 9.99. The Morgan fingerprint density at radius 1 is 1.24 bits per heavy atom. The normalized spacial score (nSPS) is 15.4. The molecule has 0 aromatic heterocycles. The maximum Gasteiger partial charge on any atom is 0.282 e. The van der Waals surface area contributed by atoms with E-state index in [0.717, 1.165) is 5.56 Å². The average molecular weight is 231 g/mol. The average Bonchev–Trinajstić information content (AvgIpc) is 2.49. The first-order valence-corrected chi connectivity index (χ1v) is 5.66. The number of nitrogens with zero attached hydrogens (tertiary/aromatic N) is 1. The van der Waals surface area contributed by atoms with Crippen LogP contribution in [0.1, 0.15) is 36.7 Å². The Labute approximate surface area is 102 Å². The summed E-state index contributed by atoms with van der Waals surface area (Å²) in [5.74, 6) is -0.130. The number of fused-ring (bicyclic) bond motifs is 1. The van der Waals surface area contributed by atoms with Crippen LogP contribution in [-0.4, -0.2) is 17.6 Å². The SMILES string of the molecule is C=C1c2ccccc2C(=O)N1OCC(C)(C)C. The van der Waals surface area contributed by atoms with E-state index in [-0.39, 0.29) is 11.3 Å². The molecule has 90 valence electrons. The summed E-state index contributed by atoms with van der Waals surface area (Å²) in [6.45, 7) is 10.6. The highest BCUT2D eigenvalue weighted by Crippen LogP contribution is 2.32. The molecule has 0 N–H and O–H groups in total. The molecule has 0 spiro atoms. The fourth-order valence-electron chi connectivity index (χ4n) is 1.66. The standard InChI is InChI=1S/C14H17NO2/c1-10-11-7-5-6-8-12(11)13(16)15(10)17-9-14(2,3)4/h5-8H,1,9H2,2-4H3. The van der Waals surface area contributed by atoms with Crippen molar-refractivity contribution in [3.63, 3.8) is 0 Å². The van der Waals surface area contributed by atoms with Crippen molar-refractivity contribution in [2.45, 2.75) is 20.8 Å². The highest BCUT2D eigenvalue weighted by Gasteiger charge is 2.32. The summed E-state index contributed by atoms with van der Waals surface area (Å²) in [7, 11) is 0. The molecule has 0 bridgehead atoms. The minimum absolute atomic E-state index is 0.00926. The molecule has 0 aliphatic carbocycles. The van der Waals surface area contributed by atoms with Crippen molar-refractivity contribution in [3.05, 3.63) is 42.0 Å². The van der Waals surface area contributed by atoms with E-state index < -0.39 is 0 Å². The number of benzene rings is 1. The van der Waals surface area contributed by atoms with Gasteiger partial charge in [0, 0.05) is 5.56 Å². The predicted molar refractivity (Wildman–Crippen MR) is 67.1 cm³/mol. The Balaban J connectivity index is 2.19. The minimum atomic E-state index is -0.130. The van der Waals surface area contributed by atoms with Gasteiger partial charge >= 0.3 is 0 Å². The molecule has 0 radical (unpaired) electrons. The van der Waals surface area contributed by atoms with Crippen LogP contribution < -0.4 is 0 Å². The van der Waals surface area contributed by atoms with Gasteiger partial charge in [0.15, 0.2) is 0 Å². The molecular weight excluding hydrogens is 214 g/mol. The minimum Gasteiger partial charge on any atom is -0.266 e. The lowest BCUT2D eigenvalue weighted by Gasteiger charge is -2.23. The zero-order chi connectivity index (χ0) is 12.6. The molecule has 0 fully saturated rings. The number of rotatable bonds is 2. The quantitative estimate of drug-likeness (QED) is 0.782. The third-order valence-corrected chi connectivity index (χ3v) is 2.52.